The van der Waals surface area contributed by atoms with Gasteiger partial charge in [0.25, 0.3) is 15.7 Å². The van der Waals surface area contributed by atoms with E-state index in [2.05, 4.69) is 25.6 Å². The van der Waals surface area contributed by atoms with Crippen LogP contribution < -0.4 is 10.5 Å². The summed E-state index contributed by atoms with van der Waals surface area (Å²) in [6.07, 6.45) is 1.42. The van der Waals surface area contributed by atoms with Gasteiger partial charge in [0.05, 0.1) is 15.1 Å². The van der Waals surface area contributed by atoms with Gasteiger partial charge >= 0.3 is 0 Å². The molecule has 0 bridgehead atoms. The smallest absolute Gasteiger partial charge is 0.271 e. The number of nitrogens with zero attached hydrogens (tertiary/aromatic N) is 2. The molecule has 0 unspecified atom stereocenters. The van der Waals surface area contributed by atoms with Gasteiger partial charge in [-0.25, -0.2) is 13.4 Å². The number of nitro groups is 1. The van der Waals surface area contributed by atoms with E-state index in [1.807, 2.05) is 0 Å². The maximum atomic E-state index is 12.2. The highest BCUT2D eigenvalue weighted by Crippen LogP contribution is 2.27. The third-order valence-corrected chi connectivity index (χ3v) is 4.54. The molecule has 2 aromatic rings. The average Bonchev–Trinajstić information content (AvgIpc) is 2.40. The summed E-state index contributed by atoms with van der Waals surface area (Å²) in [5.74, 6) is 0.0928. The number of sulfonamides is 1. The minimum absolute atomic E-state index is 0.0928. The standard InChI is InChI=1S/C11H9BrN4O4S/c12-8-2-1-5-14-11(8)15-21(19,20)10-4-3-7(16(17)18)6-9(10)13/h1-6H,13H2,(H,14,15). The predicted molar refractivity (Wildman–Crippen MR) is 80.3 cm³/mol. The van der Waals surface area contributed by atoms with Crippen LogP contribution in [0, 0.1) is 10.1 Å². The lowest BCUT2D eigenvalue weighted by Crippen LogP contribution is -2.16. The summed E-state index contributed by atoms with van der Waals surface area (Å²) in [6.45, 7) is 0. The van der Waals surface area contributed by atoms with Crippen LogP contribution in [0.2, 0.25) is 0 Å². The first-order valence-corrected chi connectivity index (χ1v) is 7.76. The lowest BCUT2D eigenvalue weighted by molar-refractivity contribution is -0.384. The normalized spacial score (nSPS) is 11.1. The number of nitro benzene ring substituents is 1. The lowest BCUT2D eigenvalue weighted by Gasteiger charge is -2.10. The Morgan fingerprint density at radius 2 is 2.05 bits per heavy atom. The predicted octanol–water partition coefficient (Wildman–Crippen LogP) is 2.14. The van der Waals surface area contributed by atoms with Crippen molar-refractivity contribution in [2.75, 3.05) is 10.5 Å². The molecule has 0 saturated heterocycles. The highest BCUT2D eigenvalue weighted by molar-refractivity contribution is 9.10. The molecule has 0 aliphatic heterocycles. The summed E-state index contributed by atoms with van der Waals surface area (Å²) in [6, 6.07) is 6.37. The topological polar surface area (TPSA) is 128 Å². The summed E-state index contributed by atoms with van der Waals surface area (Å²) in [7, 11) is -4.00. The number of nitrogens with two attached hydrogens (primary N) is 1. The van der Waals surface area contributed by atoms with Crippen LogP contribution >= 0.6 is 15.9 Å². The average molecular weight is 373 g/mol. The van der Waals surface area contributed by atoms with E-state index in [9.17, 15) is 18.5 Å². The van der Waals surface area contributed by atoms with E-state index in [0.29, 0.717) is 4.47 Å². The number of anilines is 2. The summed E-state index contributed by atoms with van der Waals surface area (Å²) < 4.78 is 27.2. The number of non-ortho nitro benzene ring substituents is 1. The number of hydrogen-bond acceptors (Lipinski definition) is 6. The number of benzene rings is 1. The molecule has 0 amide bonds. The van der Waals surface area contributed by atoms with Crippen LogP contribution in [0.15, 0.2) is 45.9 Å². The molecule has 10 heteroatoms. The molecule has 0 aliphatic rings. The van der Waals surface area contributed by atoms with Gasteiger partial charge in [-0.15, -0.1) is 0 Å². The zero-order valence-electron chi connectivity index (χ0n) is 10.4. The van der Waals surface area contributed by atoms with E-state index in [-0.39, 0.29) is 22.1 Å². The maximum Gasteiger partial charge on any atom is 0.271 e. The zero-order chi connectivity index (χ0) is 15.6. The van der Waals surface area contributed by atoms with E-state index in [4.69, 9.17) is 5.73 Å². The summed E-state index contributed by atoms with van der Waals surface area (Å²) in [5.41, 5.74) is 5.08. The molecule has 0 fully saturated rings. The fourth-order valence-electron chi connectivity index (χ4n) is 1.54. The van der Waals surface area contributed by atoms with Gasteiger partial charge in [-0.1, -0.05) is 0 Å². The number of nitrogens with one attached hydrogen (secondary N) is 1. The molecule has 1 heterocycles. The largest absolute Gasteiger partial charge is 0.397 e. The highest BCUT2D eigenvalue weighted by atomic mass is 79.9. The fourth-order valence-corrected chi connectivity index (χ4v) is 3.17. The van der Waals surface area contributed by atoms with Crippen molar-refractivity contribution < 1.29 is 13.3 Å². The van der Waals surface area contributed by atoms with Gasteiger partial charge in [0.1, 0.15) is 4.90 Å². The van der Waals surface area contributed by atoms with Gasteiger partial charge in [0, 0.05) is 18.3 Å². The van der Waals surface area contributed by atoms with E-state index in [1.54, 1.807) is 12.1 Å². The molecule has 110 valence electrons. The van der Waals surface area contributed by atoms with Crippen molar-refractivity contribution in [3.8, 4) is 0 Å². The summed E-state index contributed by atoms with van der Waals surface area (Å²) in [4.78, 5) is 13.6. The minimum atomic E-state index is -4.00. The van der Waals surface area contributed by atoms with Crippen LogP contribution in [-0.2, 0) is 10.0 Å². The molecule has 3 N–H and O–H groups in total. The Morgan fingerprint density at radius 3 is 2.62 bits per heavy atom. The molecule has 0 atom stereocenters. The Labute approximate surface area is 128 Å². The Balaban J connectivity index is 2.41. The van der Waals surface area contributed by atoms with Gasteiger partial charge in [-0.05, 0) is 34.1 Å². The second-order valence-electron chi connectivity index (χ2n) is 3.92. The quantitative estimate of drug-likeness (QED) is 0.480. The molecular formula is C11H9BrN4O4S. The number of rotatable bonds is 4. The number of hydrogen-bond donors (Lipinski definition) is 2. The number of halogens is 1. The van der Waals surface area contributed by atoms with Crippen LogP contribution in [0.4, 0.5) is 17.2 Å². The Bertz CT molecular complexity index is 810. The van der Waals surface area contributed by atoms with Crippen molar-refractivity contribution in [1.29, 1.82) is 0 Å². The van der Waals surface area contributed by atoms with E-state index < -0.39 is 14.9 Å². The van der Waals surface area contributed by atoms with Crippen LogP contribution in [0.1, 0.15) is 0 Å². The molecular weight excluding hydrogens is 364 g/mol. The molecule has 0 saturated carbocycles. The Hall–Kier alpha value is -2.20. The van der Waals surface area contributed by atoms with Crippen molar-refractivity contribution in [2.45, 2.75) is 4.90 Å². The van der Waals surface area contributed by atoms with Crippen molar-refractivity contribution in [3.05, 3.63) is 51.1 Å². The van der Waals surface area contributed by atoms with Gasteiger partial charge in [0.2, 0.25) is 0 Å². The van der Waals surface area contributed by atoms with Gasteiger partial charge < -0.3 is 5.73 Å². The second kappa shape index (κ2) is 5.66. The minimum Gasteiger partial charge on any atom is -0.397 e. The highest BCUT2D eigenvalue weighted by Gasteiger charge is 2.21. The summed E-state index contributed by atoms with van der Waals surface area (Å²) in [5, 5.41) is 10.6. The van der Waals surface area contributed by atoms with E-state index in [0.717, 1.165) is 18.2 Å². The van der Waals surface area contributed by atoms with Crippen molar-refractivity contribution in [2.24, 2.45) is 0 Å². The van der Waals surface area contributed by atoms with Crippen LogP contribution in [-0.4, -0.2) is 18.3 Å². The third-order valence-electron chi connectivity index (χ3n) is 2.48. The molecule has 8 nitrogen and oxygen atoms in total. The first kappa shape index (κ1) is 15.2. The molecule has 1 aromatic heterocycles. The van der Waals surface area contributed by atoms with Gasteiger partial charge in [0.15, 0.2) is 5.82 Å². The number of pyridine rings is 1. The van der Waals surface area contributed by atoms with Crippen molar-refractivity contribution >= 4 is 43.1 Å². The molecule has 1 aromatic carbocycles. The molecule has 0 spiro atoms. The monoisotopic (exact) mass is 372 g/mol. The maximum absolute atomic E-state index is 12.2. The van der Waals surface area contributed by atoms with Crippen molar-refractivity contribution in [3.63, 3.8) is 0 Å². The first-order valence-electron chi connectivity index (χ1n) is 5.48. The van der Waals surface area contributed by atoms with E-state index in [1.165, 1.54) is 6.20 Å². The Kier molecular flexibility index (Phi) is 4.09. The molecule has 2 rings (SSSR count). The van der Waals surface area contributed by atoms with Crippen LogP contribution in [0.3, 0.4) is 0 Å². The molecule has 0 aliphatic carbocycles. The summed E-state index contributed by atoms with van der Waals surface area (Å²) >= 11 is 3.16. The second-order valence-corrected chi connectivity index (χ2v) is 6.42. The van der Waals surface area contributed by atoms with Crippen LogP contribution in [0.25, 0.3) is 0 Å². The lowest BCUT2D eigenvalue weighted by atomic mass is 10.3. The zero-order valence-corrected chi connectivity index (χ0v) is 12.8. The SMILES string of the molecule is Nc1cc([N+](=O)[O-])ccc1S(=O)(=O)Nc1ncccc1Br. The molecule has 21 heavy (non-hydrogen) atoms. The number of aromatic nitrogens is 1. The first-order chi connectivity index (χ1) is 9.81. The Morgan fingerprint density at radius 1 is 1.33 bits per heavy atom. The van der Waals surface area contributed by atoms with Gasteiger partial charge in [-0.2, -0.15) is 0 Å². The molecule has 0 radical (unpaired) electrons. The van der Waals surface area contributed by atoms with Crippen LogP contribution in [0.5, 0.6) is 0 Å². The van der Waals surface area contributed by atoms with Gasteiger partial charge in [-0.3, -0.25) is 14.8 Å². The van der Waals surface area contributed by atoms with E-state index >= 15 is 0 Å². The number of nitrogen functional groups attached to an aromatic ring is 1. The van der Waals surface area contributed by atoms with Crippen molar-refractivity contribution in [1.82, 2.24) is 4.98 Å². The third kappa shape index (κ3) is 3.28. The fraction of sp³-hybridized carbons (Fsp3) is 0.